The fraction of sp³-hybridized carbons (Fsp3) is 0.600. The highest BCUT2D eigenvalue weighted by Gasteiger charge is 2.37. The molecule has 4 nitrogen and oxygen atoms in total. The maximum Gasteiger partial charge on any atom is 0.223 e. The SMILES string of the molecule is Cl.O=C(CCC(=O)N1C2CCNCC1CC2)c1cccs1. The monoisotopic (exact) mass is 328 g/mol. The van der Waals surface area contributed by atoms with E-state index in [2.05, 4.69) is 10.2 Å². The molecule has 2 bridgehead atoms. The van der Waals surface area contributed by atoms with Crippen molar-refractivity contribution in [3.05, 3.63) is 22.4 Å². The van der Waals surface area contributed by atoms with Crippen LogP contribution in [0.5, 0.6) is 0 Å². The lowest BCUT2D eigenvalue weighted by Crippen LogP contribution is -2.42. The van der Waals surface area contributed by atoms with Crippen LogP contribution >= 0.6 is 23.7 Å². The molecule has 0 aliphatic carbocycles. The maximum atomic E-state index is 12.4. The molecule has 2 fully saturated rings. The number of fused-ring (bicyclic) bond motifs is 2. The van der Waals surface area contributed by atoms with Gasteiger partial charge in [-0.3, -0.25) is 9.59 Å². The van der Waals surface area contributed by atoms with E-state index in [1.54, 1.807) is 0 Å². The number of carbonyl (C=O) groups excluding carboxylic acids is 2. The number of rotatable bonds is 4. The van der Waals surface area contributed by atoms with Crippen LogP contribution in [0.1, 0.15) is 41.8 Å². The Balaban J connectivity index is 0.00000161. The van der Waals surface area contributed by atoms with Crippen molar-refractivity contribution < 1.29 is 9.59 Å². The van der Waals surface area contributed by atoms with Crippen molar-refractivity contribution in [1.29, 1.82) is 0 Å². The Morgan fingerprint density at radius 3 is 2.81 bits per heavy atom. The van der Waals surface area contributed by atoms with Crippen LogP contribution in [0, 0.1) is 0 Å². The summed E-state index contributed by atoms with van der Waals surface area (Å²) in [4.78, 5) is 27.2. The summed E-state index contributed by atoms with van der Waals surface area (Å²) in [5.41, 5.74) is 0. The van der Waals surface area contributed by atoms with Crippen LogP contribution in [0.2, 0.25) is 0 Å². The first-order chi connectivity index (χ1) is 9.75. The summed E-state index contributed by atoms with van der Waals surface area (Å²) in [6, 6.07) is 4.43. The number of hydrogen-bond acceptors (Lipinski definition) is 4. The van der Waals surface area contributed by atoms with Gasteiger partial charge in [0.05, 0.1) is 4.88 Å². The van der Waals surface area contributed by atoms with Crippen molar-refractivity contribution in [1.82, 2.24) is 10.2 Å². The van der Waals surface area contributed by atoms with Crippen LogP contribution < -0.4 is 5.32 Å². The van der Waals surface area contributed by atoms with E-state index >= 15 is 0 Å². The van der Waals surface area contributed by atoms with Crippen LogP contribution in [-0.2, 0) is 4.79 Å². The normalized spacial score (nSPS) is 24.3. The first-order valence-electron chi connectivity index (χ1n) is 7.34. The van der Waals surface area contributed by atoms with Crippen LogP contribution in [0.3, 0.4) is 0 Å². The molecule has 21 heavy (non-hydrogen) atoms. The molecule has 0 radical (unpaired) electrons. The molecule has 2 unspecified atom stereocenters. The fourth-order valence-corrected chi connectivity index (χ4v) is 3.99. The zero-order valence-corrected chi connectivity index (χ0v) is 13.5. The lowest BCUT2D eigenvalue weighted by molar-refractivity contribution is -0.133. The van der Waals surface area contributed by atoms with Gasteiger partial charge in [0.15, 0.2) is 5.78 Å². The fourth-order valence-electron chi connectivity index (χ4n) is 3.30. The second-order valence-electron chi connectivity index (χ2n) is 5.58. The molecule has 1 aromatic rings. The van der Waals surface area contributed by atoms with Gasteiger partial charge in [0.2, 0.25) is 5.91 Å². The van der Waals surface area contributed by atoms with Gasteiger partial charge in [0.25, 0.3) is 0 Å². The third-order valence-corrected chi connectivity index (χ3v) is 5.22. The highest BCUT2D eigenvalue weighted by Crippen LogP contribution is 2.28. The minimum atomic E-state index is 0. The zero-order chi connectivity index (χ0) is 13.9. The number of nitrogens with one attached hydrogen (secondary N) is 1. The van der Waals surface area contributed by atoms with Crippen molar-refractivity contribution in [2.75, 3.05) is 13.1 Å². The molecule has 1 N–H and O–H groups in total. The molecule has 3 heterocycles. The molecule has 1 amide bonds. The van der Waals surface area contributed by atoms with Crippen molar-refractivity contribution >= 4 is 35.4 Å². The summed E-state index contributed by atoms with van der Waals surface area (Å²) in [7, 11) is 0. The number of nitrogens with zero attached hydrogens (tertiary/aromatic N) is 1. The first kappa shape index (κ1) is 16.5. The van der Waals surface area contributed by atoms with E-state index in [0.29, 0.717) is 24.9 Å². The molecule has 0 aromatic carbocycles. The Bertz CT molecular complexity index is 478. The highest BCUT2D eigenvalue weighted by atomic mass is 35.5. The number of ketones is 1. The van der Waals surface area contributed by atoms with Gasteiger partial charge in [0.1, 0.15) is 0 Å². The van der Waals surface area contributed by atoms with Gasteiger partial charge in [-0.1, -0.05) is 6.07 Å². The minimum absolute atomic E-state index is 0. The summed E-state index contributed by atoms with van der Waals surface area (Å²) < 4.78 is 0. The quantitative estimate of drug-likeness (QED) is 0.864. The third kappa shape index (κ3) is 3.65. The minimum Gasteiger partial charge on any atom is -0.335 e. The predicted octanol–water partition coefficient (Wildman–Crippen LogP) is 2.49. The average Bonchev–Trinajstić information content (AvgIpc) is 3.03. The Hall–Kier alpha value is -0.910. The number of hydrogen-bond donors (Lipinski definition) is 1. The van der Waals surface area contributed by atoms with Gasteiger partial charge in [-0.25, -0.2) is 0 Å². The number of halogens is 1. The molecule has 2 atom stereocenters. The topological polar surface area (TPSA) is 49.4 Å². The van der Waals surface area contributed by atoms with Crippen molar-refractivity contribution in [3.8, 4) is 0 Å². The van der Waals surface area contributed by atoms with E-state index < -0.39 is 0 Å². The summed E-state index contributed by atoms with van der Waals surface area (Å²) >= 11 is 1.45. The molecule has 2 aliphatic heterocycles. The molecule has 1 aromatic heterocycles. The Morgan fingerprint density at radius 2 is 2.05 bits per heavy atom. The number of Topliss-reactive ketones (excluding diaryl/α,β-unsaturated/α-hetero) is 1. The van der Waals surface area contributed by atoms with Gasteiger partial charge in [-0.05, 0) is 37.3 Å². The van der Waals surface area contributed by atoms with E-state index in [4.69, 9.17) is 0 Å². The van der Waals surface area contributed by atoms with Crippen LogP contribution in [0.25, 0.3) is 0 Å². The van der Waals surface area contributed by atoms with Crippen LogP contribution in [0.15, 0.2) is 17.5 Å². The van der Waals surface area contributed by atoms with E-state index in [1.165, 1.54) is 11.3 Å². The van der Waals surface area contributed by atoms with E-state index in [9.17, 15) is 9.59 Å². The second kappa shape index (κ2) is 7.38. The molecular formula is C15H21ClN2O2S. The molecule has 116 valence electrons. The first-order valence-corrected chi connectivity index (χ1v) is 8.22. The number of amides is 1. The molecule has 6 heteroatoms. The van der Waals surface area contributed by atoms with E-state index in [1.807, 2.05) is 17.5 Å². The lowest BCUT2D eigenvalue weighted by Gasteiger charge is -2.27. The van der Waals surface area contributed by atoms with Crippen LogP contribution in [0.4, 0.5) is 0 Å². The van der Waals surface area contributed by atoms with Gasteiger partial charge in [0, 0.05) is 31.5 Å². The predicted molar refractivity (Wildman–Crippen MR) is 86.3 cm³/mol. The average molecular weight is 329 g/mol. The number of thiophene rings is 1. The molecular weight excluding hydrogens is 308 g/mol. The standard InChI is InChI=1S/C15H20N2O2S.ClH/c18-13(14-2-1-9-20-14)5-6-15(19)17-11-3-4-12(17)10-16-8-7-11;/h1-2,9,11-12,16H,3-8,10H2;1H. The van der Waals surface area contributed by atoms with Crippen molar-refractivity contribution in [2.45, 2.75) is 44.2 Å². The molecule has 0 spiro atoms. The molecule has 2 aliphatic rings. The second-order valence-corrected chi connectivity index (χ2v) is 6.53. The van der Waals surface area contributed by atoms with Crippen molar-refractivity contribution in [2.24, 2.45) is 0 Å². The third-order valence-electron chi connectivity index (χ3n) is 4.30. The summed E-state index contributed by atoms with van der Waals surface area (Å²) in [6.07, 6.45) is 3.95. The summed E-state index contributed by atoms with van der Waals surface area (Å²) in [5, 5.41) is 5.29. The molecule has 0 saturated carbocycles. The number of carbonyl (C=O) groups is 2. The largest absolute Gasteiger partial charge is 0.335 e. The Morgan fingerprint density at radius 1 is 1.24 bits per heavy atom. The van der Waals surface area contributed by atoms with Gasteiger partial charge >= 0.3 is 0 Å². The van der Waals surface area contributed by atoms with E-state index in [0.717, 1.165) is 37.2 Å². The smallest absolute Gasteiger partial charge is 0.223 e. The molecule has 2 saturated heterocycles. The Kier molecular flexibility index (Phi) is 5.79. The summed E-state index contributed by atoms with van der Waals surface area (Å²) in [6.45, 7) is 1.90. The zero-order valence-electron chi connectivity index (χ0n) is 11.9. The Labute approximate surface area is 135 Å². The van der Waals surface area contributed by atoms with Gasteiger partial charge in [-0.15, -0.1) is 23.7 Å². The van der Waals surface area contributed by atoms with Gasteiger partial charge < -0.3 is 10.2 Å². The van der Waals surface area contributed by atoms with Crippen LogP contribution in [-0.4, -0.2) is 41.8 Å². The van der Waals surface area contributed by atoms with Gasteiger partial charge in [-0.2, -0.15) is 0 Å². The maximum absolute atomic E-state index is 12.4. The highest BCUT2D eigenvalue weighted by molar-refractivity contribution is 7.12. The lowest BCUT2D eigenvalue weighted by atomic mass is 10.1. The van der Waals surface area contributed by atoms with E-state index in [-0.39, 0.29) is 24.1 Å². The van der Waals surface area contributed by atoms with Crippen molar-refractivity contribution in [3.63, 3.8) is 0 Å². The summed E-state index contributed by atoms with van der Waals surface area (Å²) in [5.74, 6) is 0.250. The molecule has 3 rings (SSSR count).